The smallest absolute Gasteiger partial charge is 0.474 e. The van der Waals surface area contributed by atoms with Crippen molar-refractivity contribution in [3.05, 3.63) is 53.3 Å². The van der Waals surface area contributed by atoms with Crippen LogP contribution in [0.2, 0.25) is 0 Å². The summed E-state index contributed by atoms with van der Waals surface area (Å²) < 4.78 is 83.7. The molecule has 1 saturated heterocycles. The summed E-state index contributed by atoms with van der Waals surface area (Å²) in [6.45, 7) is 7.34. The Morgan fingerprint density at radius 2 is 1.73 bits per heavy atom. The van der Waals surface area contributed by atoms with Crippen molar-refractivity contribution in [2.45, 2.75) is 58.4 Å². The number of fused-ring (bicyclic) bond motifs is 1. The number of alkyl halides is 5. The standard InChI is InChI=1S/C29H26F5N5O5S/c1-27(2,3)44-26(41)43-11-10-42-23-18-12-17(8-9-20(18)36-22(37-23)21(30)31)39-25(45)38(24(40)28(39,4)5)16-7-6-15(14-35)19(13-16)29(32,33)34/h6-9,12-13,21H,10-11H2,1-5H3. The van der Waals surface area contributed by atoms with Gasteiger partial charge in [-0.25, -0.2) is 18.6 Å². The van der Waals surface area contributed by atoms with Crippen molar-refractivity contribution < 1.29 is 45.8 Å². The maximum absolute atomic E-state index is 13.7. The number of nitriles is 1. The number of halogens is 5. The van der Waals surface area contributed by atoms with Crippen LogP contribution in [0.1, 0.15) is 58.0 Å². The molecule has 0 radical (unpaired) electrons. The maximum atomic E-state index is 13.7. The third kappa shape index (κ3) is 6.88. The van der Waals surface area contributed by atoms with Gasteiger partial charge in [0.25, 0.3) is 12.3 Å². The van der Waals surface area contributed by atoms with Gasteiger partial charge in [0.1, 0.15) is 24.4 Å². The van der Waals surface area contributed by atoms with E-state index in [4.69, 9.17) is 31.7 Å². The number of anilines is 2. The first-order valence-corrected chi connectivity index (χ1v) is 13.6. The molecule has 10 nitrogen and oxygen atoms in total. The first-order chi connectivity index (χ1) is 20.8. The number of amides is 1. The van der Waals surface area contributed by atoms with Crippen molar-refractivity contribution in [1.82, 2.24) is 9.97 Å². The van der Waals surface area contributed by atoms with Gasteiger partial charge in [-0.2, -0.15) is 23.4 Å². The third-order valence-corrected chi connectivity index (χ3v) is 6.77. The molecule has 0 N–H and O–H groups in total. The monoisotopic (exact) mass is 651 g/mol. The molecule has 3 aromatic rings. The highest BCUT2D eigenvalue weighted by molar-refractivity contribution is 7.81. The fourth-order valence-electron chi connectivity index (χ4n) is 4.45. The summed E-state index contributed by atoms with van der Waals surface area (Å²) in [5.74, 6) is -1.76. The first-order valence-electron chi connectivity index (χ1n) is 13.2. The summed E-state index contributed by atoms with van der Waals surface area (Å²) in [4.78, 5) is 35.4. The fraction of sp³-hybridized carbons (Fsp3) is 0.379. The zero-order chi connectivity index (χ0) is 33.5. The molecule has 1 amide bonds. The molecule has 0 atom stereocenters. The van der Waals surface area contributed by atoms with Crippen LogP contribution in [-0.4, -0.2) is 51.5 Å². The van der Waals surface area contributed by atoms with Crippen molar-refractivity contribution in [3.8, 4) is 11.9 Å². The average molecular weight is 652 g/mol. The van der Waals surface area contributed by atoms with E-state index in [2.05, 4.69) is 9.97 Å². The highest BCUT2D eigenvalue weighted by Crippen LogP contribution is 2.41. The molecule has 4 rings (SSSR count). The third-order valence-electron chi connectivity index (χ3n) is 6.40. The predicted octanol–water partition coefficient (Wildman–Crippen LogP) is 6.71. The van der Waals surface area contributed by atoms with E-state index in [0.717, 1.165) is 11.0 Å². The molecular formula is C29H26F5N5O5S. The van der Waals surface area contributed by atoms with Crippen LogP contribution in [0.3, 0.4) is 0 Å². The Balaban J connectivity index is 1.70. The molecule has 2 aromatic carbocycles. The van der Waals surface area contributed by atoms with Crippen molar-refractivity contribution in [3.63, 3.8) is 0 Å². The van der Waals surface area contributed by atoms with Gasteiger partial charge >= 0.3 is 12.3 Å². The Morgan fingerprint density at radius 3 is 2.33 bits per heavy atom. The van der Waals surface area contributed by atoms with Gasteiger partial charge < -0.3 is 19.1 Å². The Hall–Kier alpha value is -4.65. The molecule has 1 fully saturated rings. The van der Waals surface area contributed by atoms with Gasteiger partial charge in [0.05, 0.1) is 33.8 Å². The number of hydrogen-bond acceptors (Lipinski definition) is 9. The lowest BCUT2D eigenvalue weighted by molar-refractivity contribution is -0.137. The molecule has 238 valence electrons. The molecule has 16 heteroatoms. The number of carbonyl (C=O) groups is 2. The Labute approximate surface area is 259 Å². The Kier molecular flexibility index (Phi) is 8.89. The number of nitrogens with zero attached hydrogens (tertiary/aromatic N) is 5. The molecular weight excluding hydrogens is 625 g/mol. The lowest BCUT2D eigenvalue weighted by Crippen LogP contribution is -2.44. The van der Waals surface area contributed by atoms with Gasteiger partial charge in [0.2, 0.25) is 5.88 Å². The van der Waals surface area contributed by atoms with Crippen LogP contribution >= 0.6 is 12.2 Å². The van der Waals surface area contributed by atoms with E-state index < -0.39 is 52.8 Å². The highest BCUT2D eigenvalue weighted by Gasteiger charge is 2.51. The number of rotatable bonds is 7. The lowest BCUT2D eigenvalue weighted by atomic mass is 10.0. The molecule has 2 heterocycles. The van der Waals surface area contributed by atoms with Crippen molar-refractivity contribution in [2.75, 3.05) is 23.0 Å². The normalized spacial score (nSPS) is 15.1. The molecule has 0 aliphatic carbocycles. The molecule has 0 bridgehead atoms. The van der Waals surface area contributed by atoms with Gasteiger partial charge in [-0.05, 0) is 83.2 Å². The Bertz CT molecular complexity index is 1720. The largest absolute Gasteiger partial charge is 0.508 e. The van der Waals surface area contributed by atoms with E-state index >= 15 is 0 Å². The number of benzene rings is 2. The van der Waals surface area contributed by atoms with E-state index in [1.54, 1.807) is 20.8 Å². The number of aromatic nitrogens is 2. The molecule has 45 heavy (non-hydrogen) atoms. The average Bonchev–Trinajstić information content (AvgIpc) is 3.11. The number of hydrogen-bond donors (Lipinski definition) is 0. The second-order valence-corrected chi connectivity index (χ2v) is 11.6. The van der Waals surface area contributed by atoms with Crippen LogP contribution < -0.4 is 14.5 Å². The quantitative estimate of drug-likeness (QED) is 0.118. The molecule has 1 aliphatic rings. The van der Waals surface area contributed by atoms with Gasteiger partial charge in [-0.15, -0.1) is 0 Å². The van der Waals surface area contributed by atoms with E-state index in [1.165, 1.54) is 49.1 Å². The zero-order valence-electron chi connectivity index (χ0n) is 24.5. The minimum atomic E-state index is -4.87. The summed E-state index contributed by atoms with van der Waals surface area (Å²) in [6.07, 6.45) is -8.87. The highest BCUT2D eigenvalue weighted by atomic mass is 32.1. The van der Waals surface area contributed by atoms with Crippen molar-refractivity contribution >= 4 is 51.7 Å². The second kappa shape index (κ2) is 12.0. The van der Waals surface area contributed by atoms with E-state index in [-0.39, 0.29) is 46.5 Å². The summed E-state index contributed by atoms with van der Waals surface area (Å²) in [5, 5.41) is 9.11. The van der Waals surface area contributed by atoms with Crippen LogP contribution in [-0.2, 0) is 20.4 Å². The number of ether oxygens (including phenoxy) is 3. The van der Waals surface area contributed by atoms with Crippen LogP contribution in [0.15, 0.2) is 36.4 Å². The minimum absolute atomic E-state index is 0.0557. The van der Waals surface area contributed by atoms with Crippen LogP contribution in [0.5, 0.6) is 5.88 Å². The summed E-state index contributed by atoms with van der Waals surface area (Å²) in [6, 6.07) is 8.55. The van der Waals surface area contributed by atoms with Crippen LogP contribution in [0, 0.1) is 11.3 Å². The zero-order valence-corrected chi connectivity index (χ0v) is 25.3. The first kappa shape index (κ1) is 33.2. The van der Waals surface area contributed by atoms with Gasteiger partial charge in [0.15, 0.2) is 10.9 Å². The lowest BCUT2D eigenvalue weighted by Gasteiger charge is -2.29. The van der Waals surface area contributed by atoms with E-state index in [9.17, 15) is 31.5 Å². The topological polar surface area (TPSA) is 118 Å². The summed E-state index contributed by atoms with van der Waals surface area (Å²) in [5.41, 5.74) is -3.98. The summed E-state index contributed by atoms with van der Waals surface area (Å²) >= 11 is 5.57. The van der Waals surface area contributed by atoms with Crippen molar-refractivity contribution in [1.29, 1.82) is 5.26 Å². The fourth-order valence-corrected chi connectivity index (χ4v) is 4.98. The molecule has 0 saturated carbocycles. The molecule has 0 unspecified atom stereocenters. The molecule has 1 aliphatic heterocycles. The predicted molar refractivity (Wildman–Crippen MR) is 155 cm³/mol. The Morgan fingerprint density at radius 1 is 1.07 bits per heavy atom. The number of thiocarbonyl (C=S) groups is 1. The minimum Gasteiger partial charge on any atom is -0.474 e. The van der Waals surface area contributed by atoms with Gasteiger partial charge in [-0.3, -0.25) is 9.69 Å². The van der Waals surface area contributed by atoms with Crippen molar-refractivity contribution in [2.24, 2.45) is 0 Å². The second-order valence-electron chi connectivity index (χ2n) is 11.2. The van der Waals surface area contributed by atoms with E-state index in [1.807, 2.05) is 0 Å². The number of carbonyl (C=O) groups excluding carboxylic acids is 2. The van der Waals surface area contributed by atoms with E-state index in [0.29, 0.717) is 6.07 Å². The maximum Gasteiger partial charge on any atom is 0.508 e. The molecule has 1 aromatic heterocycles. The van der Waals surface area contributed by atoms with Crippen LogP contribution in [0.4, 0.5) is 38.1 Å². The summed E-state index contributed by atoms with van der Waals surface area (Å²) in [7, 11) is 0. The molecule has 0 spiro atoms. The van der Waals surface area contributed by atoms with Crippen LogP contribution in [0.25, 0.3) is 10.9 Å². The van der Waals surface area contributed by atoms with Gasteiger partial charge in [-0.1, -0.05) is 0 Å². The van der Waals surface area contributed by atoms with Gasteiger partial charge in [0, 0.05) is 5.69 Å². The SMILES string of the molecule is CC(C)(C)OC(=O)OCCOc1nc(C(F)F)nc2ccc(N3C(=S)N(c4ccc(C#N)c(C(F)(F)F)c4)C(=O)C3(C)C)cc12.